The Balaban J connectivity index is 1.79. The lowest BCUT2D eigenvalue weighted by molar-refractivity contribution is -0.130. The monoisotopic (exact) mass is 332 g/mol. The summed E-state index contributed by atoms with van der Waals surface area (Å²) in [5.74, 6) is 0.145. The highest BCUT2D eigenvalue weighted by Crippen LogP contribution is 2.28. The highest BCUT2D eigenvalue weighted by atomic mass is 32.1. The summed E-state index contributed by atoms with van der Waals surface area (Å²) in [5, 5.41) is 0.848. The minimum absolute atomic E-state index is 0.392. The molecule has 0 fully saturated rings. The van der Waals surface area contributed by atoms with Crippen LogP contribution in [0.15, 0.2) is 76.9 Å². The summed E-state index contributed by atoms with van der Waals surface area (Å²) in [5.41, 5.74) is 2.71. The van der Waals surface area contributed by atoms with Gasteiger partial charge in [-0.2, -0.15) is 0 Å². The van der Waals surface area contributed by atoms with Crippen molar-refractivity contribution in [2.24, 2.45) is 0 Å². The quantitative estimate of drug-likeness (QED) is 0.370. The molecule has 0 aliphatic carbocycles. The summed E-state index contributed by atoms with van der Waals surface area (Å²) >= 11 is 5.51. The van der Waals surface area contributed by atoms with E-state index in [0.29, 0.717) is 21.4 Å². The molecule has 1 aromatic heterocycles. The maximum atomic E-state index is 12.1. The lowest BCUT2D eigenvalue weighted by atomic mass is 10.1. The number of carbonyl (C=O) groups excluding carboxylic acids is 1. The Kier molecular flexibility index (Phi) is 3.59. The van der Waals surface area contributed by atoms with Crippen LogP contribution in [0.3, 0.4) is 0 Å². The van der Waals surface area contributed by atoms with Crippen molar-refractivity contribution in [3.8, 4) is 0 Å². The first-order chi connectivity index (χ1) is 11.7. The van der Waals surface area contributed by atoms with Crippen LogP contribution in [0.4, 0.5) is 0 Å². The number of para-hydroxylation sites is 1. The third kappa shape index (κ3) is 2.57. The van der Waals surface area contributed by atoms with E-state index in [1.807, 2.05) is 54.6 Å². The second-order valence-corrected chi connectivity index (χ2v) is 5.79. The molecule has 4 rings (SSSR count). The Bertz CT molecular complexity index is 1060. The van der Waals surface area contributed by atoms with Gasteiger partial charge in [-0.3, -0.25) is 0 Å². The number of hydrogen-bond donors (Lipinski definition) is 0. The smallest absolute Gasteiger partial charge is 0.343 e. The molecular formula is C20H12O3S. The van der Waals surface area contributed by atoms with E-state index in [4.69, 9.17) is 21.4 Å². The Hall–Kier alpha value is -2.98. The molecule has 0 spiro atoms. The minimum Gasteiger partial charge on any atom is -0.464 e. The van der Waals surface area contributed by atoms with Crippen LogP contribution in [0, 0.1) is 4.51 Å². The summed E-state index contributed by atoms with van der Waals surface area (Å²) < 4.78 is 11.6. The molecule has 0 atom stereocenters. The number of fused-ring (bicyclic) bond motifs is 1. The summed E-state index contributed by atoms with van der Waals surface area (Å²) in [6, 6.07) is 17.1. The van der Waals surface area contributed by atoms with Crippen molar-refractivity contribution in [1.82, 2.24) is 0 Å². The van der Waals surface area contributed by atoms with Gasteiger partial charge >= 0.3 is 5.97 Å². The molecule has 0 N–H and O–H groups in total. The van der Waals surface area contributed by atoms with Crippen molar-refractivity contribution in [2.45, 2.75) is 0 Å². The molecule has 1 aliphatic heterocycles. The van der Waals surface area contributed by atoms with Gasteiger partial charge in [0, 0.05) is 16.5 Å². The van der Waals surface area contributed by atoms with E-state index in [1.54, 1.807) is 18.4 Å². The normalized spacial score (nSPS) is 15.6. The molecule has 116 valence electrons. The van der Waals surface area contributed by atoms with Crippen molar-refractivity contribution < 1.29 is 13.9 Å². The van der Waals surface area contributed by atoms with E-state index in [-0.39, 0.29) is 0 Å². The number of benzene rings is 2. The Labute approximate surface area is 143 Å². The van der Waals surface area contributed by atoms with E-state index in [9.17, 15) is 4.79 Å². The first-order valence-electron chi connectivity index (χ1n) is 7.44. The largest absolute Gasteiger partial charge is 0.464 e. The van der Waals surface area contributed by atoms with Gasteiger partial charge in [-0.25, -0.2) is 4.79 Å². The average molecular weight is 332 g/mol. The van der Waals surface area contributed by atoms with Crippen molar-refractivity contribution in [3.05, 3.63) is 88.1 Å². The highest BCUT2D eigenvalue weighted by molar-refractivity contribution is 7.71. The summed E-state index contributed by atoms with van der Waals surface area (Å²) in [7, 11) is 0. The van der Waals surface area contributed by atoms with Gasteiger partial charge in [0.05, 0.1) is 16.3 Å². The fourth-order valence-electron chi connectivity index (χ4n) is 2.59. The van der Waals surface area contributed by atoms with Crippen molar-refractivity contribution in [3.63, 3.8) is 0 Å². The lowest BCUT2D eigenvalue weighted by Gasteiger charge is -2.00. The first kappa shape index (κ1) is 14.6. The topological polar surface area (TPSA) is 39.4 Å². The number of cyclic esters (lactones) is 1. The molecular weight excluding hydrogens is 320 g/mol. The van der Waals surface area contributed by atoms with Crippen LogP contribution >= 0.6 is 12.2 Å². The van der Waals surface area contributed by atoms with Gasteiger partial charge in [-0.05, 0) is 24.3 Å². The van der Waals surface area contributed by atoms with Crippen molar-refractivity contribution >= 4 is 41.0 Å². The molecule has 0 saturated heterocycles. The van der Waals surface area contributed by atoms with Crippen LogP contribution in [0.5, 0.6) is 0 Å². The summed E-state index contributed by atoms with van der Waals surface area (Å²) in [6.45, 7) is 0. The van der Waals surface area contributed by atoms with Crippen molar-refractivity contribution in [2.75, 3.05) is 0 Å². The molecule has 4 heteroatoms. The SMILES string of the molecule is O=C1OC(c2ccccc2)=C/C1=C\c1coc2ccccc2c1=S. The molecule has 3 aromatic rings. The van der Waals surface area contributed by atoms with Gasteiger partial charge in [-0.15, -0.1) is 0 Å². The molecule has 24 heavy (non-hydrogen) atoms. The zero-order chi connectivity index (χ0) is 16.5. The number of hydrogen-bond acceptors (Lipinski definition) is 4. The molecule has 3 nitrogen and oxygen atoms in total. The van der Waals surface area contributed by atoms with Gasteiger partial charge < -0.3 is 9.15 Å². The predicted molar refractivity (Wildman–Crippen MR) is 95.5 cm³/mol. The number of rotatable bonds is 2. The van der Waals surface area contributed by atoms with Gasteiger partial charge in [0.25, 0.3) is 0 Å². The van der Waals surface area contributed by atoms with Crippen LogP contribution in [-0.4, -0.2) is 5.97 Å². The molecule has 0 amide bonds. The van der Waals surface area contributed by atoms with Crippen LogP contribution in [0.2, 0.25) is 0 Å². The van der Waals surface area contributed by atoms with Crippen LogP contribution in [0.1, 0.15) is 11.1 Å². The van der Waals surface area contributed by atoms with Crippen LogP contribution < -0.4 is 0 Å². The summed E-state index contributed by atoms with van der Waals surface area (Å²) in [4.78, 5) is 12.1. The standard InChI is InChI=1S/C20H12O3S/c21-20-14(11-18(23-20)13-6-2-1-3-7-13)10-15-12-22-17-9-5-4-8-16(17)19(15)24/h1-12H/b14-10+. The fourth-order valence-corrected chi connectivity index (χ4v) is 2.87. The van der Waals surface area contributed by atoms with E-state index in [2.05, 4.69) is 0 Å². The number of ether oxygens (including phenoxy) is 1. The molecule has 2 heterocycles. The zero-order valence-electron chi connectivity index (χ0n) is 12.6. The van der Waals surface area contributed by atoms with Crippen LogP contribution in [-0.2, 0) is 9.53 Å². The van der Waals surface area contributed by atoms with E-state index in [1.165, 1.54) is 0 Å². The molecule has 0 unspecified atom stereocenters. The van der Waals surface area contributed by atoms with E-state index in [0.717, 1.165) is 16.5 Å². The Morgan fingerprint density at radius 1 is 0.958 bits per heavy atom. The molecule has 0 radical (unpaired) electrons. The van der Waals surface area contributed by atoms with Crippen LogP contribution in [0.25, 0.3) is 22.8 Å². The number of esters is 1. The maximum absolute atomic E-state index is 12.1. The third-order valence-corrected chi connectivity index (χ3v) is 4.26. The van der Waals surface area contributed by atoms with Gasteiger partial charge in [0.1, 0.15) is 11.3 Å². The number of carbonyl (C=O) groups is 1. The Morgan fingerprint density at radius 3 is 2.54 bits per heavy atom. The van der Waals surface area contributed by atoms with Crippen molar-refractivity contribution in [1.29, 1.82) is 0 Å². The minimum atomic E-state index is -0.392. The fraction of sp³-hybridized carbons (Fsp3) is 0. The van der Waals surface area contributed by atoms with Gasteiger partial charge in [0.2, 0.25) is 0 Å². The van der Waals surface area contributed by atoms with Gasteiger partial charge in [0.15, 0.2) is 0 Å². The summed E-state index contributed by atoms with van der Waals surface area (Å²) in [6.07, 6.45) is 5.00. The second kappa shape index (κ2) is 5.91. The first-order valence-corrected chi connectivity index (χ1v) is 7.85. The average Bonchev–Trinajstić information content (AvgIpc) is 2.99. The van der Waals surface area contributed by atoms with Gasteiger partial charge in [-0.1, -0.05) is 54.7 Å². The second-order valence-electron chi connectivity index (χ2n) is 5.38. The highest BCUT2D eigenvalue weighted by Gasteiger charge is 2.22. The molecule has 0 saturated carbocycles. The Morgan fingerprint density at radius 2 is 1.71 bits per heavy atom. The zero-order valence-corrected chi connectivity index (χ0v) is 13.4. The molecule has 2 aromatic carbocycles. The third-order valence-electron chi connectivity index (χ3n) is 3.80. The maximum Gasteiger partial charge on any atom is 0.343 e. The molecule has 1 aliphatic rings. The predicted octanol–water partition coefficient (Wildman–Crippen LogP) is 5.14. The molecule has 0 bridgehead atoms. The lowest BCUT2D eigenvalue weighted by Crippen LogP contribution is -1.97. The van der Waals surface area contributed by atoms with E-state index >= 15 is 0 Å². The van der Waals surface area contributed by atoms with E-state index < -0.39 is 5.97 Å².